The molecule has 0 atom stereocenters. The Morgan fingerprint density at radius 3 is 1.58 bits per heavy atom. The van der Waals surface area contributed by atoms with Gasteiger partial charge in [-0.2, -0.15) is 0 Å². The molecule has 0 amide bonds. The number of rotatable bonds is 18. The van der Waals surface area contributed by atoms with Gasteiger partial charge in [0.2, 0.25) is 0 Å². The summed E-state index contributed by atoms with van der Waals surface area (Å²) in [6.07, 6.45) is 19.9. The molecule has 0 aliphatic heterocycles. The van der Waals surface area contributed by atoms with Crippen molar-refractivity contribution in [2.75, 3.05) is 13.7 Å². The first kappa shape index (κ1) is 23.0. The van der Waals surface area contributed by atoms with Crippen LogP contribution in [0.1, 0.15) is 102 Å². The molecular formula is C24H43NO. The molecule has 0 unspecified atom stereocenters. The summed E-state index contributed by atoms with van der Waals surface area (Å²) in [6, 6.07) is 8.33. The minimum absolute atomic E-state index is 0.931. The minimum atomic E-state index is 0.931. The topological polar surface area (TPSA) is 21.3 Å². The van der Waals surface area contributed by atoms with Crippen LogP contribution in [-0.4, -0.2) is 13.7 Å². The van der Waals surface area contributed by atoms with Gasteiger partial charge in [-0.1, -0.05) is 103 Å². The van der Waals surface area contributed by atoms with E-state index < -0.39 is 0 Å². The van der Waals surface area contributed by atoms with Gasteiger partial charge < -0.3 is 10.1 Å². The van der Waals surface area contributed by atoms with Crippen LogP contribution in [-0.2, 0) is 6.54 Å². The Morgan fingerprint density at radius 1 is 0.654 bits per heavy atom. The zero-order chi connectivity index (χ0) is 18.7. The van der Waals surface area contributed by atoms with E-state index in [-0.39, 0.29) is 0 Å². The van der Waals surface area contributed by atoms with Crippen molar-refractivity contribution in [2.24, 2.45) is 0 Å². The molecule has 0 radical (unpaired) electrons. The molecule has 2 nitrogen and oxygen atoms in total. The number of benzene rings is 1. The fourth-order valence-electron chi connectivity index (χ4n) is 3.42. The summed E-state index contributed by atoms with van der Waals surface area (Å²) in [5, 5.41) is 3.54. The molecule has 0 aliphatic rings. The normalized spacial score (nSPS) is 11.0. The van der Waals surface area contributed by atoms with Crippen molar-refractivity contribution in [2.45, 2.75) is 103 Å². The largest absolute Gasteiger partial charge is 0.497 e. The summed E-state index contributed by atoms with van der Waals surface area (Å²) in [5.41, 5.74) is 1.33. The molecule has 150 valence electrons. The van der Waals surface area contributed by atoms with E-state index in [1.165, 1.54) is 95.5 Å². The van der Waals surface area contributed by atoms with Crippen molar-refractivity contribution < 1.29 is 4.74 Å². The molecule has 2 heteroatoms. The Bertz CT molecular complexity index is 401. The van der Waals surface area contributed by atoms with Crippen molar-refractivity contribution in [3.63, 3.8) is 0 Å². The van der Waals surface area contributed by atoms with Gasteiger partial charge in [0, 0.05) is 6.54 Å². The number of unbranched alkanes of at least 4 members (excludes halogenated alkanes) is 13. The van der Waals surface area contributed by atoms with Gasteiger partial charge in [-0.3, -0.25) is 0 Å². The van der Waals surface area contributed by atoms with Gasteiger partial charge in [-0.25, -0.2) is 0 Å². The van der Waals surface area contributed by atoms with Crippen molar-refractivity contribution in [1.29, 1.82) is 0 Å². The Labute approximate surface area is 163 Å². The van der Waals surface area contributed by atoms with E-state index in [0.29, 0.717) is 0 Å². The summed E-state index contributed by atoms with van der Waals surface area (Å²) in [7, 11) is 1.71. The Morgan fingerprint density at radius 2 is 1.12 bits per heavy atom. The first-order valence-corrected chi connectivity index (χ1v) is 11.2. The van der Waals surface area contributed by atoms with Crippen molar-refractivity contribution in [3.05, 3.63) is 29.8 Å². The van der Waals surface area contributed by atoms with Gasteiger partial charge in [0.05, 0.1) is 7.11 Å². The molecule has 1 N–H and O–H groups in total. The molecule has 0 aliphatic carbocycles. The molecule has 0 saturated heterocycles. The van der Waals surface area contributed by atoms with Crippen LogP contribution >= 0.6 is 0 Å². The summed E-state index contributed by atoms with van der Waals surface area (Å²) in [4.78, 5) is 0. The van der Waals surface area contributed by atoms with Crippen LogP contribution in [0.25, 0.3) is 0 Å². The molecule has 1 aromatic carbocycles. The van der Waals surface area contributed by atoms with Crippen molar-refractivity contribution in [1.82, 2.24) is 5.32 Å². The van der Waals surface area contributed by atoms with Crippen LogP contribution in [0.15, 0.2) is 24.3 Å². The predicted octanol–water partition coefficient (Wildman–Crippen LogP) is 7.27. The molecule has 0 bridgehead atoms. The zero-order valence-electron chi connectivity index (χ0n) is 17.5. The second kappa shape index (κ2) is 17.4. The third-order valence-corrected chi connectivity index (χ3v) is 5.20. The van der Waals surface area contributed by atoms with E-state index in [4.69, 9.17) is 4.74 Å². The lowest BCUT2D eigenvalue weighted by molar-refractivity contribution is 0.414. The standard InChI is InChI=1S/C24H43NO/c1-3-4-5-6-7-8-9-10-11-12-13-14-15-16-21-25-22-23-17-19-24(26-2)20-18-23/h17-20,25H,3-16,21-22H2,1-2H3. The average Bonchev–Trinajstić information content (AvgIpc) is 2.68. The Kier molecular flexibility index (Phi) is 15.4. The average molecular weight is 362 g/mol. The number of hydrogen-bond donors (Lipinski definition) is 1. The van der Waals surface area contributed by atoms with Crippen LogP contribution in [0, 0.1) is 0 Å². The van der Waals surface area contributed by atoms with E-state index in [9.17, 15) is 0 Å². The number of methoxy groups -OCH3 is 1. The van der Waals surface area contributed by atoms with Gasteiger partial charge in [0.15, 0.2) is 0 Å². The highest BCUT2D eigenvalue weighted by atomic mass is 16.5. The molecule has 0 heterocycles. The van der Waals surface area contributed by atoms with E-state index in [1.807, 2.05) is 12.1 Å². The molecule has 0 saturated carbocycles. The van der Waals surface area contributed by atoms with Crippen molar-refractivity contribution >= 4 is 0 Å². The summed E-state index contributed by atoms with van der Waals surface area (Å²) in [5.74, 6) is 0.931. The zero-order valence-corrected chi connectivity index (χ0v) is 17.5. The molecule has 0 aromatic heterocycles. The van der Waals surface area contributed by atoms with Gasteiger partial charge in [-0.15, -0.1) is 0 Å². The van der Waals surface area contributed by atoms with Gasteiger partial charge in [-0.05, 0) is 30.7 Å². The Hall–Kier alpha value is -1.02. The first-order valence-electron chi connectivity index (χ1n) is 11.2. The second-order valence-electron chi connectivity index (χ2n) is 7.62. The van der Waals surface area contributed by atoms with E-state index >= 15 is 0 Å². The predicted molar refractivity (Wildman–Crippen MR) is 115 cm³/mol. The second-order valence-corrected chi connectivity index (χ2v) is 7.62. The fraction of sp³-hybridized carbons (Fsp3) is 0.750. The highest BCUT2D eigenvalue weighted by Crippen LogP contribution is 2.13. The summed E-state index contributed by atoms with van der Waals surface area (Å²) in [6.45, 7) is 4.38. The van der Waals surface area contributed by atoms with Gasteiger partial charge in [0.25, 0.3) is 0 Å². The molecule has 1 rings (SSSR count). The van der Waals surface area contributed by atoms with Crippen molar-refractivity contribution in [3.8, 4) is 5.75 Å². The number of ether oxygens (including phenoxy) is 1. The highest BCUT2D eigenvalue weighted by Gasteiger charge is 1.96. The molecule has 0 spiro atoms. The van der Waals surface area contributed by atoms with E-state index in [2.05, 4.69) is 24.4 Å². The maximum absolute atomic E-state index is 5.18. The summed E-state index contributed by atoms with van der Waals surface area (Å²) < 4.78 is 5.18. The summed E-state index contributed by atoms with van der Waals surface area (Å²) >= 11 is 0. The van der Waals surface area contributed by atoms with Crippen LogP contribution in [0.2, 0.25) is 0 Å². The Balaban J connectivity index is 1.76. The number of hydrogen-bond acceptors (Lipinski definition) is 2. The third kappa shape index (κ3) is 13.2. The molecule has 0 fully saturated rings. The quantitative estimate of drug-likeness (QED) is 0.278. The lowest BCUT2D eigenvalue weighted by Gasteiger charge is -2.06. The molecular weight excluding hydrogens is 318 g/mol. The van der Waals surface area contributed by atoms with Crippen LogP contribution in [0.5, 0.6) is 5.75 Å². The maximum Gasteiger partial charge on any atom is 0.118 e. The lowest BCUT2D eigenvalue weighted by atomic mass is 10.0. The van der Waals surface area contributed by atoms with Crippen LogP contribution in [0.3, 0.4) is 0 Å². The number of nitrogens with one attached hydrogen (secondary N) is 1. The minimum Gasteiger partial charge on any atom is -0.497 e. The molecule has 1 aromatic rings. The highest BCUT2D eigenvalue weighted by molar-refractivity contribution is 5.26. The van der Waals surface area contributed by atoms with E-state index in [1.54, 1.807) is 7.11 Å². The monoisotopic (exact) mass is 361 g/mol. The smallest absolute Gasteiger partial charge is 0.118 e. The van der Waals surface area contributed by atoms with Crippen LogP contribution < -0.4 is 10.1 Å². The SMILES string of the molecule is CCCCCCCCCCCCCCCCNCc1ccc(OC)cc1. The van der Waals surface area contributed by atoms with Crippen LogP contribution in [0.4, 0.5) is 0 Å². The fourth-order valence-corrected chi connectivity index (χ4v) is 3.42. The van der Waals surface area contributed by atoms with E-state index in [0.717, 1.165) is 18.8 Å². The first-order chi connectivity index (χ1) is 12.9. The van der Waals surface area contributed by atoms with Gasteiger partial charge in [0.1, 0.15) is 5.75 Å². The molecule has 26 heavy (non-hydrogen) atoms. The third-order valence-electron chi connectivity index (χ3n) is 5.20. The van der Waals surface area contributed by atoms with Gasteiger partial charge >= 0.3 is 0 Å². The maximum atomic E-state index is 5.18. The lowest BCUT2D eigenvalue weighted by Crippen LogP contribution is -2.14.